The van der Waals surface area contributed by atoms with E-state index in [0.29, 0.717) is 0 Å². The predicted molar refractivity (Wildman–Crippen MR) is 68.3 cm³/mol. The molecule has 0 saturated carbocycles. The van der Waals surface area contributed by atoms with Crippen LogP contribution < -0.4 is 0 Å². The maximum atomic E-state index is 11.4. The number of unbranched alkanes of at least 4 members (excludes halogenated alkanes) is 2. The number of carbonyl (C=O) groups excluding carboxylic acids is 1. The van der Waals surface area contributed by atoms with Gasteiger partial charge in [0.1, 0.15) is 0 Å². The van der Waals surface area contributed by atoms with Crippen LogP contribution in [0.3, 0.4) is 0 Å². The van der Waals surface area contributed by atoms with Crippen LogP contribution in [0.15, 0.2) is 12.2 Å². The third-order valence-electron chi connectivity index (χ3n) is 2.75. The lowest BCUT2D eigenvalue weighted by atomic mass is 9.96. The number of esters is 1. The minimum absolute atomic E-state index is 0.0362. The van der Waals surface area contributed by atoms with Crippen molar-refractivity contribution in [2.45, 2.75) is 58.8 Å². The SMILES string of the molecule is CC/C=C/CCCCC(CCC)C(=O)OC. The molecule has 0 radical (unpaired) electrons. The summed E-state index contributed by atoms with van der Waals surface area (Å²) in [6.45, 7) is 4.25. The Morgan fingerprint density at radius 3 is 2.50 bits per heavy atom. The van der Waals surface area contributed by atoms with Crippen LogP contribution in [-0.2, 0) is 9.53 Å². The zero-order valence-electron chi connectivity index (χ0n) is 11.0. The monoisotopic (exact) mass is 226 g/mol. The summed E-state index contributed by atoms with van der Waals surface area (Å²) in [5.74, 6) is 0.0797. The third kappa shape index (κ3) is 7.49. The third-order valence-corrected chi connectivity index (χ3v) is 2.75. The van der Waals surface area contributed by atoms with E-state index in [9.17, 15) is 4.79 Å². The summed E-state index contributed by atoms with van der Waals surface area (Å²) in [5, 5.41) is 0. The Balaban J connectivity index is 3.67. The van der Waals surface area contributed by atoms with E-state index in [1.165, 1.54) is 13.5 Å². The van der Waals surface area contributed by atoms with E-state index < -0.39 is 0 Å². The first kappa shape index (κ1) is 15.2. The van der Waals surface area contributed by atoms with Crippen molar-refractivity contribution >= 4 is 5.97 Å². The highest BCUT2D eigenvalue weighted by Gasteiger charge is 2.16. The standard InChI is InChI=1S/C14H26O2/c1-4-6-7-8-9-10-12-13(11-5-2)14(15)16-3/h6-7,13H,4-5,8-12H2,1-3H3/b7-6+. The van der Waals surface area contributed by atoms with Gasteiger partial charge in [0.25, 0.3) is 0 Å². The first-order valence-electron chi connectivity index (χ1n) is 6.49. The lowest BCUT2D eigenvalue weighted by Crippen LogP contribution is -2.15. The normalized spacial score (nSPS) is 12.9. The van der Waals surface area contributed by atoms with Crippen LogP contribution >= 0.6 is 0 Å². The highest BCUT2D eigenvalue weighted by atomic mass is 16.5. The van der Waals surface area contributed by atoms with E-state index >= 15 is 0 Å². The lowest BCUT2D eigenvalue weighted by molar-refractivity contribution is -0.146. The number of hydrogen-bond donors (Lipinski definition) is 0. The molecule has 2 heteroatoms. The fourth-order valence-electron chi connectivity index (χ4n) is 1.83. The molecular weight excluding hydrogens is 200 g/mol. The molecule has 0 spiro atoms. The van der Waals surface area contributed by atoms with Gasteiger partial charge in [-0.2, -0.15) is 0 Å². The van der Waals surface area contributed by atoms with Gasteiger partial charge in [0.05, 0.1) is 13.0 Å². The number of allylic oxidation sites excluding steroid dienone is 2. The van der Waals surface area contributed by atoms with Gasteiger partial charge in [-0.05, 0) is 32.1 Å². The Morgan fingerprint density at radius 1 is 1.19 bits per heavy atom. The van der Waals surface area contributed by atoms with Crippen molar-refractivity contribution in [3.63, 3.8) is 0 Å². The minimum Gasteiger partial charge on any atom is -0.469 e. The first-order chi connectivity index (χ1) is 7.76. The van der Waals surface area contributed by atoms with Crippen molar-refractivity contribution in [2.24, 2.45) is 5.92 Å². The van der Waals surface area contributed by atoms with Crippen molar-refractivity contribution in [1.29, 1.82) is 0 Å². The second-order valence-corrected chi connectivity index (χ2v) is 4.17. The zero-order valence-corrected chi connectivity index (χ0v) is 11.0. The fraction of sp³-hybridized carbons (Fsp3) is 0.786. The molecule has 16 heavy (non-hydrogen) atoms. The molecule has 2 nitrogen and oxygen atoms in total. The Labute approximate surface area is 100 Å². The molecular formula is C14H26O2. The van der Waals surface area contributed by atoms with Gasteiger partial charge in [-0.3, -0.25) is 4.79 Å². The second kappa shape index (κ2) is 10.7. The lowest BCUT2D eigenvalue weighted by Gasteiger charge is -2.12. The highest BCUT2D eigenvalue weighted by Crippen LogP contribution is 2.17. The van der Waals surface area contributed by atoms with E-state index in [4.69, 9.17) is 4.74 Å². The van der Waals surface area contributed by atoms with Crippen LogP contribution in [0.25, 0.3) is 0 Å². The summed E-state index contributed by atoms with van der Waals surface area (Å²) in [5.41, 5.74) is 0. The average Bonchev–Trinajstić information content (AvgIpc) is 2.31. The first-order valence-corrected chi connectivity index (χ1v) is 6.49. The summed E-state index contributed by atoms with van der Waals surface area (Å²) < 4.78 is 4.81. The Bertz CT molecular complexity index is 197. The Hall–Kier alpha value is -0.790. The average molecular weight is 226 g/mol. The summed E-state index contributed by atoms with van der Waals surface area (Å²) in [7, 11) is 1.48. The topological polar surface area (TPSA) is 26.3 Å². The molecule has 0 rings (SSSR count). The molecule has 0 aliphatic rings. The van der Waals surface area contributed by atoms with E-state index in [1.807, 2.05) is 0 Å². The van der Waals surface area contributed by atoms with Crippen LogP contribution in [0.1, 0.15) is 58.8 Å². The molecule has 0 aromatic rings. The molecule has 0 fully saturated rings. The van der Waals surface area contributed by atoms with E-state index in [-0.39, 0.29) is 11.9 Å². The molecule has 0 heterocycles. The van der Waals surface area contributed by atoms with Crippen molar-refractivity contribution in [3.8, 4) is 0 Å². The van der Waals surface area contributed by atoms with Crippen molar-refractivity contribution in [3.05, 3.63) is 12.2 Å². The molecule has 0 aliphatic carbocycles. The zero-order chi connectivity index (χ0) is 12.2. The molecule has 0 bridgehead atoms. The highest BCUT2D eigenvalue weighted by molar-refractivity contribution is 5.72. The van der Waals surface area contributed by atoms with Crippen LogP contribution in [0.5, 0.6) is 0 Å². The number of hydrogen-bond acceptors (Lipinski definition) is 2. The van der Waals surface area contributed by atoms with Gasteiger partial charge in [-0.1, -0.05) is 38.8 Å². The number of carbonyl (C=O) groups is 1. The molecule has 0 aromatic carbocycles. The summed E-state index contributed by atoms with van der Waals surface area (Å²) in [6, 6.07) is 0. The van der Waals surface area contributed by atoms with Crippen molar-refractivity contribution < 1.29 is 9.53 Å². The van der Waals surface area contributed by atoms with E-state index in [2.05, 4.69) is 26.0 Å². The quantitative estimate of drug-likeness (QED) is 0.336. The largest absolute Gasteiger partial charge is 0.469 e. The van der Waals surface area contributed by atoms with Gasteiger partial charge >= 0.3 is 5.97 Å². The van der Waals surface area contributed by atoms with E-state index in [1.54, 1.807) is 0 Å². The fourth-order valence-corrected chi connectivity index (χ4v) is 1.83. The van der Waals surface area contributed by atoms with Crippen molar-refractivity contribution in [1.82, 2.24) is 0 Å². The molecule has 0 amide bonds. The molecule has 0 N–H and O–H groups in total. The smallest absolute Gasteiger partial charge is 0.308 e. The molecule has 0 saturated heterocycles. The van der Waals surface area contributed by atoms with Crippen LogP contribution in [0, 0.1) is 5.92 Å². The second-order valence-electron chi connectivity index (χ2n) is 4.17. The number of methoxy groups -OCH3 is 1. The van der Waals surface area contributed by atoms with Crippen LogP contribution in [0.2, 0.25) is 0 Å². The van der Waals surface area contributed by atoms with Gasteiger partial charge < -0.3 is 4.74 Å². The van der Waals surface area contributed by atoms with Gasteiger partial charge in [-0.25, -0.2) is 0 Å². The molecule has 0 aromatic heterocycles. The molecule has 1 atom stereocenters. The predicted octanol–water partition coefficient (Wildman–Crippen LogP) is 4.10. The Kier molecular flexibility index (Phi) is 10.2. The molecule has 0 aliphatic heterocycles. The van der Waals surface area contributed by atoms with Gasteiger partial charge in [0.15, 0.2) is 0 Å². The van der Waals surface area contributed by atoms with Crippen LogP contribution in [0.4, 0.5) is 0 Å². The van der Waals surface area contributed by atoms with Gasteiger partial charge in [0, 0.05) is 0 Å². The maximum absolute atomic E-state index is 11.4. The maximum Gasteiger partial charge on any atom is 0.308 e. The van der Waals surface area contributed by atoms with Crippen LogP contribution in [-0.4, -0.2) is 13.1 Å². The molecule has 1 unspecified atom stereocenters. The van der Waals surface area contributed by atoms with Gasteiger partial charge in [-0.15, -0.1) is 0 Å². The summed E-state index contributed by atoms with van der Waals surface area (Å²) in [6.07, 6.45) is 11.9. The minimum atomic E-state index is -0.0362. The number of ether oxygens (including phenoxy) is 1. The van der Waals surface area contributed by atoms with Gasteiger partial charge in [0.2, 0.25) is 0 Å². The Morgan fingerprint density at radius 2 is 1.94 bits per heavy atom. The van der Waals surface area contributed by atoms with Crippen molar-refractivity contribution in [2.75, 3.05) is 7.11 Å². The summed E-state index contributed by atoms with van der Waals surface area (Å²) in [4.78, 5) is 11.4. The number of rotatable bonds is 9. The summed E-state index contributed by atoms with van der Waals surface area (Å²) >= 11 is 0. The molecule has 94 valence electrons. The van der Waals surface area contributed by atoms with E-state index in [0.717, 1.165) is 38.5 Å².